The van der Waals surface area contributed by atoms with Gasteiger partial charge in [-0.1, -0.05) is 6.07 Å². The summed E-state index contributed by atoms with van der Waals surface area (Å²) in [6.45, 7) is 4.87. The second-order valence-corrected chi connectivity index (χ2v) is 6.86. The molecule has 1 aliphatic heterocycles. The first kappa shape index (κ1) is 15.4. The van der Waals surface area contributed by atoms with Crippen LogP contribution < -0.4 is 5.56 Å². The zero-order valence-electron chi connectivity index (χ0n) is 13.4. The molecule has 0 radical (unpaired) electrons. The monoisotopic (exact) mass is 342 g/mol. The van der Waals surface area contributed by atoms with E-state index in [1.807, 2.05) is 24.4 Å². The quantitative estimate of drug-likeness (QED) is 0.729. The Labute approximate surface area is 143 Å². The molecule has 0 aromatic carbocycles. The van der Waals surface area contributed by atoms with Crippen molar-refractivity contribution in [1.29, 1.82) is 0 Å². The van der Waals surface area contributed by atoms with E-state index in [0.717, 1.165) is 35.0 Å². The van der Waals surface area contributed by atoms with Crippen LogP contribution in [0.4, 0.5) is 0 Å². The third kappa shape index (κ3) is 2.98. The topological polar surface area (TPSA) is 59.7 Å². The third-order valence-corrected chi connectivity index (χ3v) is 5.07. The standard InChI is InChI=1S/C17H18N4O2S/c1-12-3-2-5-21-15(22)9-13(19-16(12)21)10-20-6-7-23-14(11-20)17-18-4-8-24-17/h2-5,8-9,14H,6-7,10-11H2,1H3/t14-/m1/s1. The Morgan fingerprint density at radius 1 is 1.46 bits per heavy atom. The molecule has 7 heteroatoms. The summed E-state index contributed by atoms with van der Waals surface area (Å²) in [7, 11) is 0. The van der Waals surface area contributed by atoms with Gasteiger partial charge in [-0.3, -0.25) is 14.1 Å². The van der Waals surface area contributed by atoms with Crippen LogP contribution in [0.3, 0.4) is 0 Å². The van der Waals surface area contributed by atoms with Gasteiger partial charge in [0.05, 0.1) is 12.3 Å². The molecule has 3 aromatic rings. The molecule has 6 nitrogen and oxygen atoms in total. The van der Waals surface area contributed by atoms with E-state index >= 15 is 0 Å². The van der Waals surface area contributed by atoms with Crippen LogP contribution in [0.25, 0.3) is 5.65 Å². The van der Waals surface area contributed by atoms with E-state index in [2.05, 4.69) is 14.9 Å². The molecule has 0 spiro atoms. The molecule has 1 fully saturated rings. The highest BCUT2D eigenvalue weighted by atomic mass is 32.1. The van der Waals surface area contributed by atoms with Gasteiger partial charge in [0, 0.05) is 43.5 Å². The molecular weight excluding hydrogens is 324 g/mol. The first-order valence-corrected chi connectivity index (χ1v) is 8.80. The van der Waals surface area contributed by atoms with E-state index in [9.17, 15) is 4.79 Å². The number of hydrogen-bond acceptors (Lipinski definition) is 6. The van der Waals surface area contributed by atoms with Crippen molar-refractivity contribution in [3.05, 3.63) is 62.6 Å². The lowest BCUT2D eigenvalue weighted by Gasteiger charge is -2.31. The summed E-state index contributed by atoms with van der Waals surface area (Å²) >= 11 is 1.61. The first-order chi connectivity index (χ1) is 11.7. The molecule has 124 valence electrons. The minimum absolute atomic E-state index is 0.00189. The molecule has 3 aromatic heterocycles. The molecule has 0 aliphatic carbocycles. The fourth-order valence-corrected chi connectivity index (χ4v) is 3.69. The number of morpholine rings is 1. The van der Waals surface area contributed by atoms with Crippen LogP contribution in [0.1, 0.15) is 22.4 Å². The van der Waals surface area contributed by atoms with Crippen LogP contribution in [0, 0.1) is 6.92 Å². The van der Waals surface area contributed by atoms with Gasteiger partial charge >= 0.3 is 0 Å². The van der Waals surface area contributed by atoms with E-state index < -0.39 is 0 Å². The molecule has 1 saturated heterocycles. The molecule has 1 aliphatic rings. The molecule has 0 bridgehead atoms. The van der Waals surface area contributed by atoms with Crippen LogP contribution >= 0.6 is 11.3 Å². The number of nitrogens with zero attached hydrogens (tertiary/aromatic N) is 4. The SMILES string of the molecule is Cc1cccn2c(=O)cc(CN3CCO[C@@H](c4nccs4)C3)nc12. The number of aryl methyl sites for hydroxylation is 1. The van der Waals surface area contributed by atoms with Crippen molar-refractivity contribution < 1.29 is 4.74 Å². The van der Waals surface area contributed by atoms with Crippen molar-refractivity contribution in [2.24, 2.45) is 0 Å². The Bertz CT molecular complexity index is 907. The maximum absolute atomic E-state index is 12.3. The number of pyridine rings is 1. The molecule has 0 unspecified atom stereocenters. The zero-order valence-corrected chi connectivity index (χ0v) is 14.2. The molecular formula is C17H18N4O2S. The summed E-state index contributed by atoms with van der Waals surface area (Å²) in [6, 6.07) is 5.46. The highest BCUT2D eigenvalue weighted by molar-refractivity contribution is 7.09. The largest absolute Gasteiger partial charge is 0.368 e. The number of ether oxygens (including phenoxy) is 1. The molecule has 24 heavy (non-hydrogen) atoms. The van der Waals surface area contributed by atoms with Gasteiger partial charge in [0.2, 0.25) is 0 Å². The van der Waals surface area contributed by atoms with Gasteiger partial charge in [-0.25, -0.2) is 9.97 Å². The van der Waals surface area contributed by atoms with Crippen molar-refractivity contribution in [3.8, 4) is 0 Å². The van der Waals surface area contributed by atoms with E-state index in [1.165, 1.54) is 0 Å². The van der Waals surface area contributed by atoms with Crippen molar-refractivity contribution in [2.45, 2.75) is 19.6 Å². The average Bonchev–Trinajstić information content (AvgIpc) is 3.11. The lowest BCUT2D eigenvalue weighted by atomic mass is 10.2. The number of rotatable bonds is 3. The van der Waals surface area contributed by atoms with Crippen molar-refractivity contribution in [1.82, 2.24) is 19.3 Å². The third-order valence-electron chi connectivity index (χ3n) is 4.20. The lowest BCUT2D eigenvalue weighted by Crippen LogP contribution is -2.38. The number of fused-ring (bicyclic) bond motifs is 1. The predicted molar refractivity (Wildman–Crippen MR) is 92.3 cm³/mol. The summed E-state index contributed by atoms with van der Waals surface area (Å²) < 4.78 is 7.42. The normalized spacial score (nSPS) is 19.0. The molecule has 1 atom stereocenters. The van der Waals surface area contributed by atoms with Crippen LogP contribution in [-0.2, 0) is 11.3 Å². The first-order valence-electron chi connectivity index (χ1n) is 7.92. The smallest absolute Gasteiger partial charge is 0.258 e. The number of hydrogen-bond donors (Lipinski definition) is 0. The Kier molecular flexibility index (Phi) is 4.13. The van der Waals surface area contributed by atoms with E-state index in [0.29, 0.717) is 13.2 Å². The van der Waals surface area contributed by atoms with Crippen LogP contribution in [0.5, 0.6) is 0 Å². The van der Waals surface area contributed by atoms with Crippen molar-refractivity contribution in [3.63, 3.8) is 0 Å². The van der Waals surface area contributed by atoms with E-state index in [4.69, 9.17) is 4.74 Å². The summed E-state index contributed by atoms with van der Waals surface area (Å²) in [4.78, 5) is 23.6. The fraction of sp³-hybridized carbons (Fsp3) is 0.353. The Balaban J connectivity index is 1.58. The minimum atomic E-state index is -0.0385. The Hall–Kier alpha value is -2.09. The average molecular weight is 342 g/mol. The van der Waals surface area contributed by atoms with Gasteiger partial charge in [-0.2, -0.15) is 0 Å². The van der Waals surface area contributed by atoms with E-state index in [1.54, 1.807) is 34.2 Å². The number of aromatic nitrogens is 3. The van der Waals surface area contributed by atoms with Gasteiger partial charge < -0.3 is 4.74 Å². The van der Waals surface area contributed by atoms with Gasteiger partial charge in [-0.15, -0.1) is 11.3 Å². The highest BCUT2D eigenvalue weighted by Gasteiger charge is 2.24. The molecule has 0 amide bonds. The fourth-order valence-electron chi connectivity index (χ4n) is 3.01. The van der Waals surface area contributed by atoms with Crippen molar-refractivity contribution >= 4 is 17.0 Å². The van der Waals surface area contributed by atoms with Crippen molar-refractivity contribution in [2.75, 3.05) is 19.7 Å². The summed E-state index contributed by atoms with van der Waals surface area (Å²) in [5.74, 6) is 0. The summed E-state index contributed by atoms with van der Waals surface area (Å²) in [5.41, 5.74) is 2.49. The second-order valence-electron chi connectivity index (χ2n) is 5.94. The summed E-state index contributed by atoms with van der Waals surface area (Å²) in [6.07, 6.45) is 3.56. The lowest BCUT2D eigenvalue weighted by molar-refractivity contribution is -0.0333. The second kappa shape index (κ2) is 6.43. The highest BCUT2D eigenvalue weighted by Crippen LogP contribution is 2.24. The molecule has 0 saturated carbocycles. The van der Waals surface area contributed by atoms with Gasteiger partial charge in [0.25, 0.3) is 5.56 Å². The molecule has 0 N–H and O–H groups in total. The zero-order chi connectivity index (χ0) is 16.5. The Morgan fingerprint density at radius 3 is 3.21 bits per heavy atom. The minimum Gasteiger partial charge on any atom is -0.368 e. The maximum Gasteiger partial charge on any atom is 0.258 e. The maximum atomic E-state index is 12.3. The predicted octanol–water partition coefficient (Wildman–Crippen LogP) is 2.03. The van der Waals surface area contributed by atoms with Gasteiger partial charge in [0.15, 0.2) is 0 Å². The van der Waals surface area contributed by atoms with Crippen LogP contribution in [-0.4, -0.2) is 39.0 Å². The van der Waals surface area contributed by atoms with Gasteiger partial charge in [0.1, 0.15) is 16.8 Å². The van der Waals surface area contributed by atoms with E-state index in [-0.39, 0.29) is 11.7 Å². The Morgan fingerprint density at radius 2 is 2.38 bits per heavy atom. The summed E-state index contributed by atoms with van der Waals surface area (Å²) in [5, 5.41) is 2.97. The van der Waals surface area contributed by atoms with Gasteiger partial charge in [-0.05, 0) is 18.6 Å². The molecule has 4 rings (SSSR count). The van der Waals surface area contributed by atoms with Crippen LogP contribution in [0.15, 0.2) is 40.8 Å². The van der Waals surface area contributed by atoms with Crippen LogP contribution in [0.2, 0.25) is 0 Å². The molecule has 4 heterocycles. The number of thiazole rings is 1.